The summed E-state index contributed by atoms with van der Waals surface area (Å²) in [5, 5.41) is 5.27. The zero-order valence-electron chi connectivity index (χ0n) is 20.7. The van der Waals surface area contributed by atoms with Crippen molar-refractivity contribution in [3.05, 3.63) is 42.9 Å². The molecular formula is C25H30N8O3. The molecule has 1 aliphatic heterocycles. The lowest BCUT2D eigenvalue weighted by molar-refractivity contribution is -0.0686. The van der Waals surface area contributed by atoms with E-state index in [1.54, 1.807) is 13.3 Å². The summed E-state index contributed by atoms with van der Waals surface area (Å²) in [6.07, 6.45) is 4.51. The summed E-state index contributed by atoms with van der Waals surface area (Å²) in [6.45, 7) is 7.57. The van der Waals surface area contributed by atoms with Crippen molar-refractivity contribution in [2.24, 2.45) is 0 Å². The number of ether oxygens (including phenoxy) is 3. The number of methoxy groups -OCH3 is 1. The maximum atomic E-state index is 6.22. The van der Waals surface area contributed by atoms with Gasteiger partial charge in [0.05, 0.1) is 31.4 Å². The van der Waals surface area contributed by atoms with Gasteiger partial charge in [-0.1, -0.05) is 6.07 Å². The summed E-state index contributed by atoms with van der Waals surface area (Å²) in [5.41, 5.74) is 7.51. The van der Waals surface area contributed by atoms with Crippen LogP contribution in [0.25, 0.3) is 28.2 Å². The van der Waals surface area contributed by atoms with Crippen LogP contribution in [-0.2, 0) is 4.74 Å². The standard InChI is InChI=1S/C25H30N8O3/c1-16-13-32(14-17(2)36-16)9-6-10-35-22-11-18-20(12-21(22)34-3)28-15-29-24(18)33-25(26)30-23(31-33)19-7-4-5-8-27-19/h4-5,7-8,11-12,15-17H,6,9-10,13-14H2,1-3H3,(H2,26,30,31). The first-order chi connectivity index (χ1) is 17.5. The van der Waals surface area contributed by atoms with Crippen LogP contribution in [0.15, 0.2) is 42.9 Å². The molecule has 2 unspecified atom stereocenters. The molecule has 0 aliphatic carbocycles. The average Bonchev–Trinajstić information content (AvgIpc) is 3.27. The van der Waals surface area contributed by atoms with Crippen LogP contribution in [0.1, 0.15) is 20.3 Å². The largest absolute Gasteiger partial charge is 0.493 e. The minimum absolute atomic E-state index is 0.197. The van der Waals surface area contributed by atoms with Gasteiger partial charge in [0.1, 0.15) is 12.0 Å². The fourth-order valence-corrected chi connectivity index (χ4v) is 4.51. The Kier molecular flexibility index (Phi) is 6.92. The van der Waals surface area contributed by atoms with E-state index in [9.17, 15) is 0 Å². The van der Waals surface area contributed by atoms with Crippen molar-refractivity contribution in [2.45, 2.75) is 32.5 Å². The van der Waals surface area contributed by atoms with E-state index < -0.39 is 0 Å². The Morgan fingerprint density at radius 1 is 1.08 bits per heavy atom. The van der Waals surface area contributed by atoms with Crippen LogP contribution in [0.2, 0.25) is 0 Å². The molecule has 1 fully saturated rings. The summed E-state index contributed by atoms with van der Waals surface area (Å²) in [5.74, 6) is 2.31. The number of pyridine rings is 1. The van der Waals surface area contributed by atoms with Crippen molar-refractivity contribution < 1.29 is 14.2 Å². The molecule has 5 rings (SSSR count). The van der Waals surface area contributed by atoms with E-state index >= 15 is 0 Å². The third-order valence-corrected chi connectivity index (χ3v) is 6.00. The molecule has 0 amide bonds. The van der Waals surface area contributed by atoms with E-state index in [-0.39, 0.29) is 18.2 Å². The molecule has 4 aromatic rings. The molecule has 0 radical (unpaired) electrons. The highest BCUT2D eigenvalue weighted by molar-refractivity contribution is 5.88. The number of hydrogen-bond acceptors (Lipinski definition) is 10. The van der Waals surface area contributed by atoms with Gasteiger partial charge in [-0.05, 0) is 38.5 Å². The fourth-order valence-electron chi connectivity index (χ4n) is 4.51. The van der Waals surface area contributed by atoms with Crippen LogP contribution in [0.5, 0.6) is 11.5 Å². The van der Waals surface area contributed by atoms with Gasteiger partial charge in [-0.3, -0.25) is 9.88 Å². The van der Waals surface area contributed by atoms with Crippen LogP contribution in [0.4, 0.5) is 5.95 Å². The second-order valence-corrected chi connectivity index (χ2v) is 8.86. The average molecular weight is 491 g/mol. The van der Waals surface area contributed by atoms with E-state index in [0.29, 0.717) is 46.3 Å². The minimum atomic E-state index is 0.197. The molecule has 11 heteroatoms. The maximum Gasteiger partial charge on any atom is 0.225 e. The normalized spacial score (nSPS) is 18.4. The highest BCUT2D eigenvalue weighted by Crippen LogP contribution is 2.34. The molecule has 1 aliphatic rings. The molecule has 1 saturated heterocycles. The molecule has 36 heavy (non-hydrogen) atoms. The summed E-state index contributed by atoms with van der Waals surface area (Å²) in [7, 11) is 1.61. The maximum absolute atomic E-state index is 6.22. The molecule has 2 atom stereocenters. The number of benzene rings is 1. The first-order valence-corrected chi connectivity index (χ1v) is 12.0. The van der Waals surface area contributed by atoms with E-state index in [1.807, 2.05) is 30.3 Å². The smallest absolute Gasteiger partial charge is 0.225 e. The third-order valence-electron chi connectivity index (χ3n) is 6.00. The van der Waals surface area contributed by atoms with Crippen molar-refractivity contribution in [1.29, 1.82) is 0 Å². The molecule has 4 heterocycles. The van der Waals surface area contributed by atoms with Gasteiger partial charge < -0.3 is 19.9 Å². The van der Waals surface area contributed by atoms with Crippen molar-refractivity contribution in [2.75, 3.05) is 39.1 Å². The molecule has 188 valence electrons. The number of hydrogen-bond donors (Lipinski definition) is 1. The second kappa shape index (κ2) is 10.4. The Hall–Kier alpha value is -3.83. The van der Waals surface area contributed by atoms with Crippen LogP contribution < -0.4 is 15.2 Å². The zero-order chi connectivity index (χ0) is 25.1. The third kappa shape index (κ3) is 5.07. The van der Waals surface area contributed by atoms with E-state index in [4.69, 9.17) is 19.9 Å². The van der Waals surface area contributed by atoms with E-state index in [1.165, 1.54) is 11.0 Å². The van der Waals surface area contributed by atoms with Crippen molar-refractivity contribution in [3.8, 4) is 28.8 Å². The highest BCUT2D eigenvalue weighted by Gasteiger charge is 2.22. The Labute approximate surface area is 209 Å². The van der Waals surface area contributed by atoms with E-state index in [2.05, 4.69) is 43.8 Å². The number of nitrogens with two attached hydrogens (primary N) is 1. The number of aromatic nitrogens is 6. The molecule has 11 nitrogen and oxygen atoms in total. The number of morpholine rings is 1. The Morgan fingerprint density at radius 2 is 1.92 bits per heavy atom. The second-order valence-electron chi connectivity index (χ2n) is 8.86. The van der Waals surface area contributed by atoms with Crippen LogP contribution in [0.3, 0.4) is 0 Å². The van der Waals surface area contributed by atoms with Gasteiger partial charge in [-0.2, -0.15) is 9.67 Å². The molecule has 2 N–H and O–H groups in total. The number of anilines is 1. The SMILES string of the molecule is COc1cc2ncnc(-n3nc(-c4ccccn4)nc3N)c2cc1OCCCN1CC(C)OC(C)C1. The topological polar surface area (TPSA) is 126 Å². The van der Waals surface area contributed by atoms with Gasteiger partial charge in [0.2, 0.25) is 11.8 Å². The predicted octanol–water partition coefficient (Wildman–Crippen LogP) is 2.74. The van der Waals surface area contributed by atoms with Crippen molar-refractivity contribution in [1.82, 2.24) is 34.6 Å². The number of nitrogen functional groups attached to an aromatic ring is 1. The first-order valence-electron chi connectivity index (χ1n) is 12.0. The lowest BCUT2D eigenvalue weighted by atomic mass is 10.2. The van der Waals surface area contributed by atoms with Gasteiger partial charge in [0, 0.05) is 37.3 Å². The molecule has 0 bridgehead atoms. The lowest BCUT2D eigenvalue weighted by Crippen LogP contribution is -2.45. The van der Waals surface area contributed by atoms with Gasteiger partial charge in [0.15, 0.2) is 17.3 Å². The molecule has 0 saturated carbocycles. The summed E-state index contributed by atoms with van der Waals surface area (Å²) < 4.78 is 19.0. The number of rotatable bonds is 8. The van der Waals surface area contributed by atoms with Gasteiger partial charge >= 0.3 is 0 Å². The van der Waals surface area contributed by atoms with Crippen molar-refractivity contribution >= 4 is 16.9 Å². The Morgan fingerprint density at radius 3 is 2.67 bits per heavy atom. The summed E-state index contributed by atoms with van der Waals surface area (Å²) in [4.78, 5) is 19.9. The first kappa shape index (κ1) is 23.9. The minimum Gasteiger partial charge on any atom is -0.493 e. The highest BCUT2D eigenvalue weighted by atomic mass is 16.5. The zero-order valence-corrected chi connectivity index (χ0v) is 20.7. The van der Waals surface area contributed by atoms with Gasteiger partial charge in [0.25, 0.3) is 0 Å². The number of fused-ring (bicyclic) bond motifs is 1. The van der Waals surface area contributed by atoms with Crippen LogP contribution in [0, 0.1) is 0 Å². The number of nitrogens with zero attached hydrogens (tertiary/aromatic N) is 7. The Bertz CT molecular complexity index is 1320. The predicted molar refractivity (Wildman–Crippen MR) is 135 cm³/mol. The van der Waals surface area contributed by atoms with Crippen LogP contribution in [-0.4, -0.2) is 80.2 Å². The van der Waals surface area contributed by atoms with Gasteiger partial charge in [-0.25, -0.2) is 9.97 Å². The lowest BCUT2D eigenvalue weighted by Gasteiger charge is -2.35. The van der Waals surface area contributed by atoms with E-state index in [0.717, 1.165) is 26.1 Å². The monoisotopic (exact) mass is 490 g/mol. The van der Waals surface area contributed by atoms with Crippen LogP contribution >= 0.6 is 0 Å². The quantitative estimate of drug-likeness (QED) is 0.368. The van der Waals surface area contributed by atoms with Gasteiger partial charge in [-0.15, -0.1) is 5.10 Å². The molecule has 3 aromatic heterocycles. The fraction of sp³-hybridized carbons (Fsp3) is 0.400. The summed E-state index contributed by atoms with van der Waals surface area (Å²) >= 11 is 0. The van der Waals surface area contributed by atoms with Crippen molar-refractivity contribution in [3.63, 3.8) is 0 Å². The Balaban J connectivity index is 1.38. The molecule has 0 spiro atoms. The molecule has 1 aromatic carbocycles. The molecular weight excluding hydrogens is 460 g/mol. The summed E-state index contributed by atoms with van der Waals surface area (Å²) in [6, 6.07) is 9.22.